The smallest absolute Gasteiger partial charge is 0.208 e. The molecule has 0 bridgehead atoms. The van der Waals surface area contributed by atoms with Crippen LogP contribution in [0.25, 0.3) is 16.9 Å². The first-order chi connectivity index (χ1) is 9.74. The number of anilines is 1. The van der Waals surface area contributed by atoms with E-state index in [1.165, 1.54) is 5.56 Å². The van der Waals surface area contributed by atoms with Gasteiger partial charge in [-0.15, -0.1) is 10.2 Å². The molecule has 3 aromatic rings. The highest BCUT2D eigenvalue weighted by atomic mass is 16.5. The Kier molecular flexibility index (Phi) is 2.20. The van der Waals surface area contributed by atoms with Crippen molar-refractivity contribution in [1.29, 1.82) is 0 Å². The van der Waals surface area contributed by atoms with Gasteiger partial charge in [0, 0.05) is 23.6 Å². The summed E-state index contributed by atoms with van der Waals surface area (Å²) < 4.78 is 7.33. The second-order valence-corrected chi connectivity index (χ2v) is 4.82. The Morgan fingerprint density at radius 3 is 3.10 bits per heavy atom. The molecule has 3 heterocycles. The Labute approximate surface area is 115 Å². The zero-order valence-corrected chi connectivity index (χ0v) is 11.0. The number of ether oxygens (including phenoxy) is 1. The fourth-order valence-corrected chi connectivity index (χ4v) is 2.68. The van der Waals surface area contributed by atoms with Gasteiger partial charge in [-0.2, -0.15) is 0 Å². The second kappa shape index (κ2) is 3.93. The molecule has 2 N–H and O–H groups in total. The van der Waals surface area contributed by atoms with Gasteiger partial charge in [0.1, 0.15) is 11.6 Å². The van der Waals surface area contributed by atoms with Gasteiger partial charge in [0.05, 0.1) is 12.3 Å². The first-order valence-electron chi connectivity index (χ1n) is 6.47. The highest BCUT2D eigenvalue weighted by Crippen LogP contribution is 2.34. The van der Waals surface area contributed by atoms with Gasteiger partial charge in [-0.05, 0) is 13.0 Å². The van der Waals surface area contributed by atoms with Gasteiger partial charge in [-0.1, -0.05) is 12.1 Å². The molecule has 0 fully saturated rings. The molecule has 0 saturated heterocycles. The molecule has 1 aromatic carbocycles. The van der Waals surface area contributed by atoms with Crippen molar-refractivity contribution >= 4 is 11.6 Å². The SMILES string of the molecule is Cc1nnc2cc(-c3cccc4c3CCO4)nc(N)n12. The molecule has 20 heavy (non-hydrogen) atoms. The van der Waals surface area contributed by atoms with Crippen LogP contribution in [0.4, 0.5) is 5.95 Å². The fourth-order valence-electron chi connectivity index (χ4n) is 2.68. The zero-order chi connectivity index (χ0) is 13.7. The van der Waals surface area contributed by atoms with Gasteiger partial charge in [0.25, 0.3) is 0 Å². The third-order valence-electron chi connectivity index (χ3n) is 3.60. The summed E-state index contributed by atoms with van der Waals surface area (Å²) >= 11 is 0. The van der Waals surface area contributed by atoms with Crippen LogP contribution < -0.4 is 10.5 Å². The van der Waals surface area contributed by atoms with Crippen LogP contribution in [0.1, 0.15) is 11.4 Å². The minimum atomic E-state index is 0.400. The predicted molar refractivity (Wildman–Crippen MR) is 74.6 cm³/mol. The van der Waals surface area contributed by atoms with Gasteiger partial charge in [0.2, 0.25) is 5.95 Å². The molecule has 2 aromatic heterocycles. The third kappa shape index (κ3) is 1.48. The molecule has 0 saturated carbocycles. The zero-order valence-electron chi connectivity index (χ0n) is 11.0. The Morgan fingerprint density at radius 1 is 1.30 bits per heavy atom. The molecule has 1 aliphatic heterocycles. The predicted octanol–water partition coefficient (Wildman–Crippen LogP) is 1.62. The molecule has 0 amide bonds. The monoisotopic (exact) mass is 267 g/mol. The molecule has 100 valence electrons. The van der Waals surface area contributed by atoms with Crippen molar-refractivity contribution in [2.45, 2.75) is 13.3 Å². The Balaban J connectivity index is 1.97. The van der Waals surface area contributed by atoms with E-state index in [4.69, 9.17) is 10.5 Å². The molecular formula is C14H13N5O. The Morgan fingerprint density at radius 2 is 2.20 bits per heavy atom. The van der Waals surface area contributed by atoms with Crippen LogP contribution in [0, 0.1) is 6.92 Å². The first kappa shape index (κ1) is 11.2. The summed E-state index contributed by atoms with van der Waals surface area (Å²) in [7, 11) is 0. The lowest BCUT2D eigenvalue weighted by Crippen LogP contribution is -2.03. The molecule has 6 heteroatoms. The number of hydrogen-bond acceptors (Lipinski definition) is 5. The summed E-state index contributed by atoms with van der Waals surface area (Å²) in [6, 6.07) is 7.89. The standard InChI is InChI=1S/C14H13N5O/c1-8-17-18-13-7-11(16-14(15)19(8)13)9-3-2-4-12-10(9)5-6-20-12/h2-4,7H,5-6H2,1H3,(H2,15,16). The van der Waals surface area contributed by atoms with Crippen molar-refractivity contribution in [2.75, 3.05) is 12.3 Å². The first-order valence-corrected chi connectivity index (χ1v) is 6.47. The lowest BCUT2D eigenvalue weighted by atomic mass is 10.0. The van der Waals surface area contributed by atoms with E-state index in [0.717, 1.165) is 29.3 Å². The Hall–Kier alpha value is -2.63. The minimum absolute atomic E-state index is 0.400. The highest BCUT2D eigenvalue weighted by molar-refractivity contribution is 5.71. The molecule has 0 spiro atoms. The average Bonchev–Trinajstić information content (AvgIpc) is 3.05. The number of benzene rings is 1. The molecule has 0 atom stereocenters. The van der Waals surface area contributed by atoms with E-state index in [0.29, 0.717) is 18.2 Å². The van der Waals surface area contributed by atoms with Crippen LogP contribution >= 0.6 is 0 Å². The molecule has 0 aliphatic carbocycles. The number of aromatic nitrogens is 4. The molecule has 4 rings (SSSR count). The summed E-state index contributed by atoms with van der Waals surface area (Å²) in [4.78, 5) is 4.49. The van der Waals surface area contributed by atoms with Crippen molar-refractivity contribution in [3.63, 3.8) is 0 Å². The number of rotatable bonds is 1. The van der Waals surface area contributed by atoms with Gasteiger partial charge < -0.3 is 10.5 Å². The maximum Gasteiger partial charge on any atom is 0.208 e. The number of fused-ring (bicyclic) bond motifs is 2. The quantitative estimate of drug-likeness (QED) is 0.724. The summed E-state index contributed by atoms with van der Waals surface area (Å²) in [5.41, 5.74) is 9.78. The summed E-state index contributed by atoms with van der Waals surface area (Å²) in [5.74, 6) is 2.06. The van der Waals surface area contributed by atoms with Gasteiger partial charge in [-0.25, -0.2) is 9.38 Å². The number of nitrogens with two attached hydrogens (primary N) is 1. The molecular weight excluding hydrogens is 254 g/mol. The molecule has 0 unspecified atom stereocenters. The summed E-state index contributed by atoms with van der Waals surface area (Å²) in [6.07, 6.45) is 0.893. The highest BCUT2D eigenvalue weighted by Gasteiger charge is 2.18. The normalized spacial score (nSPS) is 13.4. The number of hydrogen-bond donors (Lipinski definition) is 1. The van der Waals surface area contributed by atoms with Gasteiger partial charge >= 0.3 is 0 Å². The van der Waals surface area contributed by atoms with E-state index in [9.17, 15) is 0 Å². The van der Waals surface area contributed by atoms with E-state index >= 15 is 0 Å². The Bertz CT molecular complexity index is 824. The van der Waals surface area contributed by atoms with Crippen LogP contribution in [0.5, 0.6) is 5.75 Å². The lowest BCUT2D eigenvalue weighted by molar-refractivity contribution is 0.357. The fraction of sp³-hybridized carbons (Fsp3) is 0.214. The van der Waals surface area contributed by atoms with Gasteiger partial charge in [0.15, 0.2) is 5.65 Å². The summed E-state index contributed by atoms with van der Waals surface area (Å²) in [6.45, 7) is 2.57. The van der Waals surface area contributed by atoms with Crippen molar-refractivity contribution < 1.29 is 4.74 Å². The maximum absolute atomic E-state index is 6.03. The van der Waals surface area contributed by atoms with E-state index < -0.39 is 0 Å². The van der Waals surface area contributed by atoms with Crippen LogP contribution in [0.15, 0.2) is 24.3 Å². The number of nitrogens with zero attached hydrogens (tertiary/aromatic N) is 4. The maximum atomic E-state index is 6.03. The van der Waals surface area contributed by atoms with Crippen molar-refractivity contribution in [3.05, 3.63) is 35.7 Å². The molecule has 0 radical (unpaired) electrons. The topological polar surface area (TPSA) is 78.3 Å². The van der Waals surface area contributed by atoms with Gasteiger partial charge in [-0.3, -0.25) is 0 Å². The second-order valence-electron chi connectivity index (χ2n) is 4.82. The average molecular weight is 267 g/mol. The molecule has 6 nitrogen and oxygen atoms in total. The van der Waals surface area contributed by atoms with E-state index in [2.05, 4.69) is 15.2 Å². The largest absolute Gasteiger partial charge is 0.493 e. The summed E-state index contributed by atoms with van der Waals surface area (Å²) in [5, 5.41) is 8.15. The van der Waals surface area contributed by atoms with Crippen LogP contribution in [-0.4, -0.2) is 26.2 Å². The lowest BCUT2D eigenvalue weighted by Gasteiger charge is -2.08. The van der Waals surface area contributed by atoms with Crippen molar-refractivity contribution in [3.8, 4) is 17.0 Å². The van der Waals surface area contributed by atoms with Crippen LogP contribution in [-0.2, 0) is 6.42 Å². The van der Waals surface area contributed by atoms with E-state index in [1.54, 1.807) is 4.40 Å². The minimum Gasteiger partial charge on any atom is -0.493 e. The van der Waals surface area contributed by atoms with Crippen LogP contribution in [0.2, 0.25) is 0 Å². The van der Waals surface area contributed by atoms with Crippen molar-refractivity contribution in [2.24, 2.45) is 0 Å². The van der Waals surface area contributed by atoms with E-state index in [-0.39, 0.29) is 0 Å². The van der Waals surface area contributed by atoms with Crippen molar-refractivity contribution in [1.82, 2.24) is 19.6 Å². The van der Waals surface area contributed by atoms with E-state index in [1.807, 2.05) is 31.2 Å². The molecule has 1 aliphatic rings. The number of nitrogen functional groups attached to an aromatic ring is 1. The van der Waals surface area contributed by atoms with Crippen LogP contribution in [0.3, 0.4) is 0 Å². The third-order valence-corrected chi connectivity index (χ3v) is 3.60. The number of aryl methyl sites for hydroxylation is 1.